The number of carbonyl (C=O) groups is 3. The number of hydroxylamine groups is 1. The number of para-hydroxylation sites is 1. The van der Waals surface area contributed by atoms with Crippen LogP contribution in [0, 0.1) is 20.8 Å². The lowest BCUT2D eigenvalue weighted by Gasteiger charge is -2.20. The van der Waals surface area contributed by atoms with E-state index in [-0.39, 0.29) is 11.5 Å². The molecule has 194 valence electrons. The Kier molecular flexibility index (Phi) is 8.03. The fraction of sp³-hybridized carbons (Fsp3) is 0.167. The fourth-order valence-electron chi connectivity index (χ4n) is 4.52. The van der Waals surface area contributed by atoms with Crippen molar-refractivity contribution in [1.29, 1.82) is 0 Å². The summed E-state index contributed by atoms with van der Waals surface area (Å²) in [5, 5.41) is 15.6. The van der Waals surface area contributed by atoms with Gasteiger partial charge in [-0.15, -0.1) is 0 Å². The second kappa shape index (κ2) is 11.6. The first kappa shape index (κ1) is 26.4. The Balaban J connectivity index is 1.55. The van der Waals surface area contributed by atoms with Gasteiger partial charge < -0.3 is 15.6 Å². The van der Waals surface area contributed by atoms with Gasteiger partial charge in [0.2, 0.25) is 11.8 Å². The minimum absolute atomic E-state index is 0.284. The van der Waals surface area contributed by atoms with Gasteiger partial charge in [0.25, 0.3) is 5.91 Å². The molecule has 0 aliphatic heterocycles. The number of hydrogen-bond donors (Lipinski definition) is 5. The molecule has 0 bridgehead atoms. The number of aryl methyl sites for hydroxylation is 3. The van der Waals surface area contributed by atoms with Crippen molar-refractivity contribution in [2.24, 2.45) is 0 Å². The summed E-state index contributed by atoms with van der Waals surface area (Å²) < 4.78 is 0. The molecule has 0 fully saturated rings. The van der Waals surface area contributed by atoms with E-state index in [4.69, 9.17) is 5.21 Å². The van der Waals surface area contributed by atoms with Crippen LogP contribution in [0.15, 0.2) is 72.9 Å². The maximum absolute atomic E-state index is 13.5. The van der Waals surface area contributed by atoms with Gasteiger partial charge in [-0.2, -0.15) is 0 Å². The van der Waals surface area contributed by atoms with Crippen molar-refractivity contribution in [2.45, 2.75) is 33.2 Å². The van der Waals surface area contributed by atoms with Crippen LogP contribution in [0.1, 0.15) is 38.2 Å². The molecular weight excluding hydrogens is 480 g/mol. The van der Waals surface area contributed by atoms with Gasteiger partial charge in [-0.25, -0.2) is 5.48 Å². The predicted molar refractivity (Wildman–Crippen MR) is 148 cm³/mol. The third-order valence-electron chi connectivity index (χ3n) is 6.36. The van der Waals surface area contributed by atoms with Crippen LogP contribution in [0.5, 0.6) is 0 Å². The highest BCUT2D eigenvalue weighted by Crippen LogP contribution is 2.23. The van der Waals surface area contributed by atoms with Crippen LogP contribution in [-0.2, 0) is 16.0 Å². The van der Waals surface area contributed by atoms with Crippen molar-refractivity contribution < 1.29 is 19.6 Å². The first-order valence-corrected chi connectivity index (χ1v) is 12.2. The predicted octanol–water partition coefficient (Wildman–Crippen LogP) is 4.59. The zero-order valence-corrected chi connectivity index (χ0v) is 21.5. The van der Waals surface area contributed by atoms with E-state index in [9.17, 15) is 14.4 Å². The van der Waals surface area contributed by atoms with Crippen LogP contribution in [0.2, 0.25) is 0 Å². The topological polar surface area (TPSA) is 123 Å². The minimum atomic E-state index is -0.831. The molecule has 0 aliphatic carbocycles. The second-order valence-electron chi connectivity index (χ2n) is 9.28. The number of benzene rings is 3. The Labute approximate surface area is 220 Å². The zero-order valence-electron chi connectivity index (χ0n) is 21.5. The monoisotopic (exact) mass is 510 g/mol. The van der Waals surface area contributed by atoms with E-state index in [1.165, 1.54) is 18.2 Å². The number of nitrogens with one attached hydrogen (secondary N) is 4. The van der Waals surface area contributed by atoms with Gasteiger partial charge >= 0.3 is 0 Å². The summed E-state index contributed by atoms with van der Waals surface area (Å²) in [6.45, 7) is 5.90. The number of amides is 3. The second-order valence-corrected chi connectivity index (χ2v) is 9.28. The Morgan fingerprint density at radius 3 is 2.34 bits per heavy atom. The molecule has 4 aromatic rings. The molecule has 1 aromatic heterocycles. The van der Waals surface area contributed by atoms with Gasteiger partial charge in [0.15, 0.2) is 0 Å². The summed E-state index contributed by atoms with van der Waals surface area (Å²) in [6, 6.07) is 17.3. The van der Waals surface area contributed by atoms with Gasteiger partial charge in [-0.05, 0) is 67.3 Å². The summed E-state index contributed by atoms with van der Waals surface area (Å²) in [5.74, 6) is -1.37. The third-order valence-corrected chi connectivity index (χ3v) is 6.36. The van der Waals surface area contributed by atoms with Gasteiger partial charge in [-0.3, -0.25) is 19.6 Å². The van der Waals surface area contributed by atoms with Crippen LogP contribution in [0.3, 0.4) is 0 Å². The minimum Gasteiger partial charge on any atom is -0.361 e. The summed E-state index contributed by atoms with van der Waals surface area (Å²) in [6.07, 6.45) is 5.09. The van der Waals surface area contributed by atoms with Crippen LogP contribution in [0.25, 0.3) is 17.0 Å². The average Bonchev–Trinajstić information content (AvgIpc) is 3.31. The largest absolute Gasteiger partial charge is 0.361 e. The quantitative estimate of drug-likeness (QED) is 0.135. The van der Waals surface area contributed by atoms with Crippen LogP contribution in [-0.4, -0.2) is 34.0 Å². The molecule has 4 rings (SSSR count). The lowest BCUT2D eigenvalue weighted by Crippen LogP contribution is -2.44. The van der Waals surface area contributed by atoms with E-state index in [1.54, 1.807) is 23.7 Å². The molecular formula is C30H30N4O4. The summed E-state index contributed by atoms with van der Waals surface area (Å²) in [4.78, 5) is 41.1. The van der Waals surface area contributed by atoms with Gasteiger partial charge in [-0.1, -0.05) is 48.0 Å². The lowest BCUT2D eigenvalue weighted by atomic mass is 10.0. The molecule has 1 heterocycles. The van der Waals surface area contributed by atoms with Gasteiger partial charge in [0.1, 0.15) is 6.04 Å². The Hall–Kier alpha value is -4.69. The molecule has 0 saturated heterocycles. The van der Waals surface area contributed by atoms with Crippen molar-refractivity contribution in [3.05, 3.63) is 106 Å². The molecule has 3 amide bonds. The number of rotatable bonds is 8. The summed E-state index contributed by atoms with van der Waals surface area (Å²) in [5.41, 5.74) is 8.16. The standard InChI is InChI=1S/C30H30N4O4/c1-18-14-19(2)28(20(3)15-18)33-30(37)26(16-23-17-31-25-7-5-4-6-24(23)25)32-27(35)13-10-21-8-11-22(12-9-21)29(36)34-38/h4-15,17,26,31,38H,16H2,1-3H3,(H,32,35)(H,33,37)(H,34,36)/b13-10+/t26-/m0/s1. The first-order chi connectivity index (χ1) is 18.2. The van der Waals surface area contributed by atoms with E-state index >= 15 is 0 Å². The first-order valence-electron chi connectivity index (χ1n) is 12.2. The van der Waals surface area contributed by atoms with Crippen molar-refractivity contribution >= 4 is 40.4 Å². The van der Waals surface area contributed by atoms with Gasteiger partial charge in [0.05, 0.1) is 0 Å². The molecule has 38 heavy (non-hydrogen) atoms. The van der Waals surface area contributed by atoms with E-state index in [1.807, 2.05) is 63.4 Å². The normalized spacial score (nSPS) is 11.9. The molecule has 0 spiro atoms. The number of hydrogen-bond acceptors (Lipinski definition) is 4. The Bertz CT molecular complexity index is 1500. The van der Waals surface area contributed by atoms with Crippen molar-refractivity contribution in [3.8, 4) is 0 Å². The van der Waals surface area contributed by atoms with Crippen molar-refractivity contribution in [3.63, 3.8) is 0 Å². The maximum atomic E-state index is 13.5. The summed E-state index contributed by atoms with van der Waals surface area (Å²) in [7, 11) is 0. The molecule has 0 radical (unpaired) electrons. The smallest absolute Gasteiger partial charge is 0.274 e. The summed E-state index contributed by atoms with van der Waals surface area (Å²) >= 11 is 0. The van der Waals surface area contributed by atoms with Crippen LogP contribution < -0.4 is 16.1 Å². The molecule has 0 saturated carbocycles. The Morgan fingerprint density at radius 1 is 0.974 bits per heavy atom. The average molecular weight is 511 g/mol. The molecule has 1 atom stereocenters. The molecule has 5 N–H and O–H groups in total. The zero-order chi connectivity index (χ0) is 27.2. The van der Waals surface area contributed by atoms with E-state index < -0.39 is 17.9 Å². The van der Waals surface area contributed by atoms with Crippen molar-refractivity contribution in [1.82, 2.24) is 15.8 Å². The molecule has 8 heteroatoms. The van der Waals surface area contributed by atoms with Crippen LogP contribution in [0.4, 0.5) is 5.69 Å². The molecule has 0 aliphatic rings. The Morgan fingerprint density at radius 2 is 1.66 bits per heavy atom. The highest BCUT2D eigenvalue weighted by molar-refractivity contribution is 6.01. The molecule has 0 unspecified atom stereocenters. The van der Waals surface area contributed by atoms with E-state index in [0.29, 0.717) is 12.0 Å². The fourth-order valence-corrected chi connectivity index (χ4v) is 4.52. The number of aromatic nitrogens is 1. The van der Waals surface area contributed by atoms with E-state index in [2.05, 4.69) is 15.6 Å². The molecule has 8 nitrogen and oxygen atoms in total. The number of carbonyl (C=O) groups excluding carboxylic acids is 3. The highest BCUT2D eigenvalue weighted by atomic mass is 16.5. The van der Waals surface area contributed by atoms with Crippen molar-refractivity contribution in [2.75, 3.05) is 5.32 Å². The third kappa shape index (κ3) is 6.16. The number of anilines is 1. The number of H-pyrrole nitrogens is 1. The number of aromatic amines is 1. The highest BCUT2D eigenvalue weighted by Gasteiger charge is 2.23. The maximum Gasteiger partial charge on any atom is 0.274 e. The molecule has 3 aromatic carbocycles. The van der Waals surface area contributed by atoms with Gasteiger partial charge in [0, 0.05) is 40.8 Å². The SMILES string of the molecule is Cc1cc(C)c(NC(=O)[C@H](Cc2c[nH]c3ccccc23)NC(=O)/C=C/c2ccc(C(=O)NO)cc2)c(C)c1. The van der Waals surface area contributed by atoms with Crippen LogP contribution >= 0.6 is 0 Å². The van der Waals surface area contributed by atoms with E-state index in [0.717, 1.165) is 38.8 Å². The lowest BCUT2D eigenvalue weighted by molar-refractivity contribution is -0.123. The number of fused-ring (bicyclic) bond motifs is 1.